The molecule has 1 aromatic heterocycles. The number of hydrogen-bond donors (Lipinski definition) is 0. The number of halogens is 4. The molecule has 0 aliphatic heterocycles. The van der Waals surface area contributed by atoms with E-state index in [1.807, 2.05) is 0 Å². The first kappa shape index (κ1) is 11.0. The molecule has 0 saturated carbocycles. The molecule has 0 saturated heterocycles. The van der Waals surface area contributed by atoms with E-state index in [-0.39, 0.29) is 5.69 Å². The van der Waals surface area contributed by atoms with Gasteiger partial charge in [-0.15, -0.1) is 0 Å². The molecule has 0 atom stereocenters. The average molecular weight is 224 g/mol. The van der Waals surface area contributed by atoms with Crippen LogP contribution in [-0.2, 0) is 0 Å². The number of carbonyl (C=O) groups excluding carboxylic acids is 1. The van der Waals surface area contributed by atoms with Crippen LogP contribution >= 0.6 is 11.6 Å². The lowest BCUT2D eigenvalue weighted by atomic mass is 10.2. The molecule has 0 fully saturated rings. The van der Waals surface area contributed by atoms with Gasteiger partial charge in [0.25, 0.3) is 11.7 Å². The molecule has 1 rings (SSSR count). The van der Waals surface area contributed by atoms with Gasteiger partial charge in [0.05, 0.1) is 5.56 Å². The smallest absolute Gasteiger partial charge is 0.273 e. The lowest BCUT2D eigenvalue weighted by Crippen LogP contribution is -2.05. The Morgan fingerprint density at radius 2 is 2.14 bits per heavy atom. The predicted octanol–water partition coefficient (Wildman–Crippen LogP) is 2.85. The fourth-order valence-electron chi connectivity index (χ4n) is 0.972. The predicted molar refractivity (Wildman–Crippen MR) is 44.1 cm³/mol. The Bertz CT molecular complexity index is 381. The van der Waals surface area contributed by atoms with Gasteiger partial charge in [-0.25, -0.2) is 18.2 Å². The van der Waals surface area contributed by atoms with E-state index in [1.54, 1.807) is 0 Å². The highest BCUT2D eigenvalue weighted by Gasteiger charge is 2.21. The molecule has 1 aromatic rings. The molecule has 1 heterocycles. The Balaban J connectivity index is 3.40. The van der Waals surface area contributed by atoms with Crippen molar-refractivity contribution in [2.45, 2.75) is 13.3 Å². The molecular weight excluding hydrogens is 219 g/mol. The summed E-state index contributed by atoms with van der Waals surface area (Å²) in [5.74, 6) is -1.36. The summed E-state index contributed by atoms with van der Waals surface area (Å²) in [6.45, 7) is 1.37. The molecule has 0 aliphatic carbocycles. The van der Waals surface area contributed by atoms with Crippen LogP contribution in [0.1, 0.15) is 28.2 Å². The molecule has 6 heteroatoms. The van der Waals surface area contributed by atoms with Crippen molar-refractivity contribution in [2.75, 3.05) is 0 Å². The number of aryl methyl sites for hydroxylation is 1. The molecule has 2 nitrogen and oxygen atoms in total. The zero-order valence-corrected chi connectivity index (χ0v) is 7.78. The van der Waals surface area contributed by atoms with Gasteiger partial charge in [-0.3, -0.25) is 4.79 Å². The molecular formula is C8H5ClF3NO. The second kappa shape index (κ2) is 3.96. The Kier molecular flexibility index (Phi) is 3.10. The minimum absolute atomic E-state index is 0.116. The summed E-state index contributed by atoms with van der Waals surface area (Å²) < 4.78 is 37.6. The van der Waals surface area contributed by atoms with E-state index in [9.17, 15) is 18.0 Å². The van der Waals surface area contributed by atoms with Gasteiger partial charge in [0.15, 0.2) is 11.5 Å². The zero-order chi connectivity index (χ0) is 10.9. The minimum Gasteiger partial charge on any atom is -0.274 e. The van der Waals surface area contributed by atoms with E-state index in [1.165, 1.54) is 6.92 Å². The van der Waals surface area contributed by atoms with Crippen LogP contribution in [0.15, 0.2) is 6.07 Å². The van der Waals surface area contributed by atoms with Crippen molar-refractivity contribution in [3.05, 3.63) is 28.8 Å². The summed E-state index contributed by atoms with van der Waals surface area (Å²) in [4.78, 5) is 14.0. The van der Waals surface area contributed by atoms with Gasteiger partial charge in [0, 0.05) is 5.69 Å². The summed E-state index contributed by atoms with van der Waals surface area (Å²) in [7, 11) is 0. The Hall–Kier alpha value is -1.10. The number of rotatable bonds is 2. The Morgan fingerprint density at radius 3 is 2.57 bits per heavy atom. The SMILES string of the molecule is Cc1cc(C(F)F)c(F)c(C(=O)Cl)n1. The van der Waals surface area contributed by atoms with Gasteiger partial charge >= 0.3 is 0 Å². The van der Waals surface area contributed by atoms with Gasteiger partial charge in [0.1, 0.15) is 0 Å². The second-order valence-corrected chi connectivity index (χ2v) is 2.93. The fourth-order valence-corrected chi connectivity index (χ4v) is 1.10. The third-order valence-corrected chi connectivity index (χ3v) is 1.71. The first-order chi connectivity index (χ1) is 6.43. The Labute approximate surface area is 82.7 Å². The molecule has 0 aliphatic rings. The number of nitrogens with zero attached hydrogens (tertiary/aromatic N) is 1. The van der Waals surface area contributed by atoms with E-state index in [0.29, 0.717) is 0 Å². The van der Waals surface area contributed by atoms with Crippen LogP contribution in [0.3, 0.4) is 0 Å². The highest BCUT2D eigenvalue weighted by atomic mass is 35.5. The summed E-state index contributed by atoms with van der Waals surface area (Å²) in [5.41, 5.74) is -1.51. The van der Waals surface area contributed by atoms with E-state index in [2.05, 4.69) is 4.98 Å². The molecule has 0 unspecified atom stereocenters. The molecule has 0 bridgehead atoms. The van der Waals surface area contributed by atoms with Crippen LogP contribution in [0.5, 0.6) is 0 Å². The highest BCUT2D eigenvalue weighted by Crippen LogP contribution is 2.24. The number of hydrogen-bond acceptors (Lipinski definition) is 2. The number of aromatic nitrogens is 1. The quantitative estimate of drug-likeness (QED) is 0.722. The van der Waals surface area contributed by atoms with Crippen molar-refractivity contribution in [1.82, 2.24) is 4.98 Å². The van der Waals surface area contributed by atoms with Crippen LogP contribution in [0.4, 0.5) is 13.2 Å². The maximum Gasteiger partial charge on any atom is 0.273 e. The number of pyridine rings is 1. The largest absolute Gasteiger partial charge is 0.274 e. The zero-order valence-electron chi connectivity index (χ0n) is 7.02. The summed E-state index contributed by atoms with van der Waals surface area (Å²) in [6.07, 6.45) is -2.99. The van der Waals surface area contributed by atoms with Crippen LogP contribution in [0, 0.1) is 12.7 Å². The van der Waals surface area contributed by atoms with Gasteiger partial charge in [-0.05, 0) is 24.6 Å². The second-order valence-electron chi connectivity index (χ2n) is 2.59. The van der Waals surface area contributed by atoms with E-state index >= 15 is 0 Å². The molecule has 0 amide bonds. The van der Waals surface area contributed by atoms with Gasteiger partial charge in [0.2, 0.25) is 0 Å². The minimum atomic E-state index is -2.99. The Morgan fingerprint density at radius 1 is 1.57 bits per heavy atom. The monoisotopic (exact) mass is 223 g/mol. The summed E-state index contributed by atoms with van der Waals surface area (Å²) in [6, 6.07) is 0.878. The third kappa shape index (κ3) is 2.04. The van der Waals surface area contributed by atoms with Gasteiger partial charge < -0.3 is 0 Å². The standard InChI is InChI=1S/C8H5ClF3NO/c1-3-2-4(8(11)12)5(10)6(13-3)7(9)14/h2,8H,1H3. The number of alkyl halides is 2. The molecule has 0 spiro atoms. The normalized spacial score (nSPS) is 10.7. The van der Waals surface area contributed by atoms with Crippen molar-refractivity contribution in [3.63, 3.8) is 0 Å². The summed E-state index contributed by atoms with van der Waals surface area (Å²) >= 11 is 4.97. The molecule has 14 heavy (non-hydrogen) atoms. The van der Waals surface area contributed by atoms with Crippen LogP contribution in [0.2, 0.25) is 0 Å². The van der Waals surface area contributed by atoms with Crippen molar-refractivity contribution >= 4 is 16.8 Å². The van der Waals surface area contributed by atoms with Crippen LogP contribution < -0.4 is 0 Å². The molecule has 0 radical (unpaired) electrons. The molecule has 76 valence electrons. The van der Waals surface area contributed by atoms with Crippen molar-refractivity contribution in [3.8, 4) is 0 Å². The van der Waals surface area contributed by atoms with Crippen molar-refractivity contribution < 1.29 is 18.0 Å². The first-order valence-electron chi connectivity index (χ1n) is 3.58. The molecule has 0 N–H and O–H groups in total. The van der Waals surface area contributed by atoms with Crippen molar-refractivity contribution in [2.24, 2.45) is 0 Å². The molecule has 0 aromatic carbocycles. The first-order valence-corrected chi connectivity index (χ1v) is 3.96. The lowest BCUT2D eigenvalue weighted by Gasteiger charge is -2.05. The highest BCUT2D eigenvalue weighted by molar-refractivity contribution is 6.67. The van der Waals surface area contributed by atoms with Gasteiger partial charge in [-0.2, -0.15) is 0 Å². The average Bonchev–Trinajstić information content (AvgIpc) is 2.07. The number of carbonyl (C=O) groups is 1. The van der Waals surface area contributed by atoms with E-state index < -0.39 is 28.7 Å². The van der Waals surface area contributed by atoms with Gasteiger partial charge in [-0.1, -0.05) is 0 Å². The fraction of sp³-hybridized carbons (Fsp3) is 0.250. The topological polar surface area (TPSA) is 30.0 Å². The maximum atomic E-state index is 13.1. The van der Waals surface area contributed by atoms with Crippen molar-refractivity contribution in [1.29, 1.82) is 0 Å². The van der Waals surface area contributed by atoms with Crippen LogP contribution in [0.25, 0.3) is 0 Å². The lowest BCUT2D eigenvalue weighted by molar-refractivity contribution is 0.107. The maximum absolute atomic E-state index is 13.1. The third-order valence-electron chi connectivity index (χ3n) is 1.54. The van der Waals surface area contributed by atoms with E-state index in [0.717, 1.165) is 6.07 Å². The van der Waals surface area contributed by atoms with E-state index in [4.69, 9.17) is 11.6 Å². The van der Waals surface area contributed by atoms with Crippen LogP contribution in [-0.4, -0.2) is 10.2 Å². The summed E-state index contributed by atoms with van der Waals surface area (Å²) in [5, 5.41) is -1.19.